The SMILES string of the molecule is CC(=O)c1cc(Cl)c(OC(C)C)cc1OC(F)F. The number of rotatable bonds is 5. The third-order valence-corrected chi connectivity index (χ3v) is 2.29. The van der Waals surface area contributed by atoms with Crippen molar-refractivity contribution in [1.82, 2.24) is 0 Å². The van der Waals surface area contributed by atoms with Gasteiger partial charge >= 0.3 is 6.61 Å². The van der Waals surface area contributed by atoms with Crippen molar-refractivity contribution in [2.24, 2.45) is 0 Å². The minimum absolute atomic E-state index is 0.00333. The Morgan fingerprint density at radius 2 is 1.83 bits per heavy atom. The van der Waals surface area contributed by atoms with E-state index in [4.69, 9.17) is 16.3 Å². The molecular formula is C12H13ClF2O3. The summed E-state index contributed by atoms with van der Waals surface area (Å²) in [6.45, 7) is 1.76. The summed E-state index contributed by atoms with van der Waals surface area (Å²) in [6, 6.07) is 2.46. The van der Waals surface area contributed by atoms with Crippen molar-refractivity contribution in [3.05, 3.63) is 22.7 Å². The first-order valence-electron chi connectivity index (χ1n) is 5.27. The molecule has 0 saturated carbocycles. The number of alkyl halides is 2. The molecule has 0 amide bonds. The van der Waals surface area contributed by atoms with Gasteiger partial charge in [-0.2, -0.15) is 8.78 Å². The lowest BCUT2D eigenvalue weighted by molar-refractivity contribution is -0.0502. The van der Waals surface area contributed by atoms with Gasteiger partial charge in [-0.1, -0.05) is 11.6 Å². The fourth-order valence-electron chi connectivity index (χ4n) is 1.35. The molecule has 0 fully saturated rings. The van der Waals surface area contributed by atoms with Crippen molar-refractivity contribution >= 4 is 17.4 Å². The van der Waals surface area contributed by atoms with Crippen LogP contribution in [0.1, 0.15) is 31.1 Å². The van der Waals surface area contributed by atoms with Crippen molar-refractivity contribution in [2.75, 3.05) is 0 Å². The molecule has 0 heterocycles. The lowest BCUT2D eigenvalue weighted by atomic mass is 10.1. The van der Waals surface area contributed by atoms with Gasteiger partial charge in [0, 0.05) is 6.07 Å². The second-order valence-corrected chi connectivity index (χ2v) is 4.29. The largest absolute Gasteiger partial charge is 0.489 e. The third kappa shape index (κ3) is 3.84. The van der Waals surface area contributed by atoms with Gasteiger partial charge in [-0.05, 0) is 26.8 Å². The van der Waals surface area contributed by atoms with E-state index in [1.807, 2.05) is 0 Å². The van der Waals surface area contributed by atoms with Crippen LogP contribution in [0.4, 0.5) is 8.78 Å². The number of hydrogen-bond donors (Lipinski definition) is 0. The number of benzene rings is 1. The van der Waals surface area contributed by atoms with Gasteiger partial charge in [-0.3, -0.25) is 4.79 Å². The maximum atomic E-state index is 12.3. The highest BCUT2D eigenvalue weighted by atomic mass is 35.5. The van der Waals surface area contributed by atoms with E-state index < -0.39 is 12.4 Å². The van der Waals surface area contributed by atoms with Crippen LogP contribution in [-0.4, -0.2) is 18.5 Å². The minimum Gasteiger partial charge on any atom is -0.489 e. The summed E-state index contributed by atoms with van der Waals surface area (Å²) in [5, 5.41) is 0.176. The summed E-state index contributed by atoms with van der Waals surface area (Å²) in [5.74, 6) is -0.450. The molecular weight excluding hydrogens is 266 g/mol. The second-order valence-electron chi connectivity index (χ2n) is 3.88. The number of ketones is 1. The molecule has 0 atom stereocenters. The summed E-state index contributed by atoms with van der Waals surface area (Å²) in [6.07, 6.45) is -0.176. The zero-order valence-corrected chi connectivity index (χ0v) is 10.9. The van der Waals surface area contributed by atoms with Crippen LogP contribution in [0.25, 0.3) is 0 Å². The highest BCUT2D eigenvalue weighted by molar-refractivity contribution is 6.32. The fraction of sp³-hybridized carbons (Fsp3) is 0.417. The van der Waals surface area contributed by atoms with Crippen molar-refractivity contribution in [3.8, 4) is 11.5 Å². The first kappa shape index (κ1) is 14.7. The van der Waals surface area contributed by atoms with Gasteiger partial charge in [0.15, 0.2) is 5.78 Å². The molecule has 0 aliphatic heterocycles. The molecule has 0 saturated heterocycles. The van der Waals surface area contributed by atoms with Gasteiger partial charge in [0.2, 0.25) is 0 Å². The Morgan fingerprint density at radius 1 is 1.22 bits per heavy atom. The standard InChI is InChI=1S/C12H13ClF2O3/c1-6(2)17-11-5-10(18-12(14)15)8(7(3)16)4-9(11)13/h4-6,12H,1-3H3. The minimum atomic E-state index is -3.02. The number of Topliss-reactive ketones (excluding diaryl/α,β-unsaturated/α-hetero) is 1. The molecule has 1 aromatic carbocycles. The number of hydrogen-bond acceptors (Lipinski definition) is 3. The Kier molecular flexibility index (Phi) is 4.90. The summed E-state index contributed by atoms with van der Waals surface area (Å²) >= 11 is 5.91. The van der Waals surface area contributed by atoms with Crippen LogP contribution in [0.3, 0.4) is 0 Å². The first-order valence-corrected chi connectivity index (χ1v) is 5.65. The zero-order valence-electron chi connectivity index (χ0n) is 10.2. The molecule has 6 heteroatoms. The lowest BCUT2D eigenvalue weighted by Gasteiger charge is -2.15. The lowest BCUT2D eigenvalue weighted by Crippen LogP contribution is -2.09. The Balaban J connectivity index is 3.21. The normalized spacial score (nSPS) is 10.9. The van der Waals surface area contributed by atoms with Crippen molar-refractivity contribution in [1.29, 1.82) is 0 Å². The van der Waals surface area contributed by atoms with Crippen LogP contribution in [0, 0.1) is 0 Å². The fourth-order valence-corrected chi connectivity index (χ4v) is 1.56. The van der Waals surface area contributed by atoms with E-state index in [1.165, 1.54) is 19.1 Å². The molecule has 18 heavy (non-hydrogen) atoms. The van der Waals surface area contributed by atoms with E-state index in [2.05, 4.69) is 4.74 Å². The van der Waals surface area contributed by atoms with E-state index in [0.29, 0.717) is 0 Å². The van der Waals surface area contributed by atoms with E-state index in [1.54, 1.807) is 13.8 Å². The molecule has 0 radical (unpaired) electrons. The van der Waals surface area contributed by atoms with Gasteiger partial charge in [0.25, 0.3) is 0 Å². The molecule has 0 aliphatic carbocycles. The summed E-state index contributed by atoms with van der Waals surface area (Å²) in [7, 11) is 0. The Bertz CT molecular complexity index is 447. The first-order chi connectivity index (χ1) is 8.31. The molecule has 0 aliphatic rings. The van der Waals surface area contributed by atoms with Crippen molar-refractivity contribution in [2.45, 2.75) is 33.5 Å². The van der Waals surface area contributed by atoms with E-state index >= 15 is 0 Å². The zero-order chi connectivity index (χ0) is 13.9. The molecule has 0 bridgehead atoms. The van der Waals surface area contributed by atoms with Gasteiger partial charge in [-0.15, -0.1) is 0 Å². The van der Waals surface area contributed by atoms with E-state index in [9.17, 15) is 13.6 Å². The van der Waals surface area contributed by atoms with Gasteiger partial charge < -0.3 is 9.47 Å². The van der Waals surface area contributed by atoms with Gasteiger partial charge in [-0.25, -0.2) is 0 Å². The molecule has 1 aromatic rings. The topological polar surface area (TPSA) is 35.5 Å². The highest BCUT2D eigenvalue weighted by Gasteiger charge is 2.17. The maximum Gasteiger partial charge on any atom is 0.387 e. The Hall–Kier alpha value is -1.36. The number of carbonyl (C=O) groups excluding carboxylic acids is 1. The summed E-state index contributed by atoms with van der Waals surface area (Å²) < 4.78 is 34.1. The van der Waals surface area contributed by atoms with Crippen LogP contribution >= 0.6 is 11.6 Å². The predicted octanol–water partition coefficient (Wildman–Crippen LogP) is 3.93. The Labute approximate surface area is 109 Å². The van der Waals surface area contributed by atoms with Crippen LogP contribution in [0.15, 0.2) is 12.1 Å². The molecule has 3 nitrogen and oxygen atoms in total. The molecule has 0 spiro atoms. The molecule has 0 N–H and O–H groups in total. The monoisotopic (exact) mass is 278 g/mol. The van der Waals surface area contributed by atoms with Gasteiger partial charge in [0.1, 0.15) is 11.5 Å². The number of carbonyl (C=O) groups is 1. The highest BCUT2D eigenvalue weighted by Crippen LogP contribution is 2.34. The van der Waals surface area contributed by atoms with Crippen LogP contribution in [0.2, 0.25) is 5.02 Å². The maximum absolute atomic E-state index is 12.3. The van der Waals surface area contributed by atoms with Crippen LogP contribution in [0.5, 0.6) is 11.5 Å². The van der Waals surface area contributed by atoms with E-state index in [0.717, 1.165) is 0 Å². The number of halogens is 3. The van der Waals surface area contributed by atoms with Crippen LogP contribution in [-0.2, 0) is 0 Å². The summed E-state index contributed by atoms with van der Waals surface area (Å²) in [4.78, 5) is 11.3. The second kappa shape index (κ2) is 6.00. The molecule has 0 unspecified atom stereocenters. The Morgan fingerprint density at radius 3 is 2.28 bits per heavy atom. The predicted molar refractivity (Wildman–Crippen MR) is 63.9 cm³/mol. The van der Waals surface area contributed by atoms with Gasteiger partial charge in [0.05, 0.1) is 16.7 Å². The average Bonchev–Trinajstić information content (AvgIpc) is 2.20. The van der Waals surface area contributed by atoms with Crippen LogP contribution < -0.4 is 9.47 Å². The number of ether oxygens (including phenoxy) is 2. The molecule has 100 valence electrons. The van der Waals surface area contributed by atoms with Crippen molar-refractivity contribution in [3.63, 3.8) is 0 Å². The van der Waals surface area contributed by atoms with E-state index in [-0.39, 0.29) is 28.2 Å². The smallest absolute Gasteiger partial charge is 0.387 e. The third-order valence-electron chi connectivity index (χ3n) is 1.99. The average molecular weight is 279 g/mol. The molecule has 1 rings (SSSR count). The molecule has 0 aromatic heterocycles. The quantitative estimate of drug-likeness (QED) is 0.766. The van der Waals surface area contributed by atoms with Crippen molar-refractivity contribution < 1.29 is 23.0 Å². The summed E-state index contributed by atoms with van der Waals surface area (Å²) in [5.41, 5.74) is -0.00333.